The maximum absolute atomic E-state index is 4.08. The molecule has 1 aliphatic heterocycles. The number of rotatable bonds is 0. The molecule has 11 heterocycles. The molecule has 10 aromatic heterocycles. The molecule has 2 aromatic carbocycles. The summed E-state index contributed by atoms with van der Waals surface area (Å²) in [5.74, 6) is 4.17. The molecule has 0 bridgehead atoms. The van der Waals surface area contributed by atoms with Crippen LogP contribution in [-0.4, -0.2) is 64.4 Å². The molecule has 1 aliphatic carbocycles. The Hall–Kier alpha value is -8.38. The van der Waals surface area contributed by atoms with E-state index in [2.05, 4.69) is 236 Å². The van der Waals surface area contributed by atoms with Crippen LogP contribution in [0, 0.1) is 35.0 Å². The fraction of sp³-hybridized carbons (Fsp3) is 0.425. The van der Waals surface area contributed by atoms with Gasteiger partial charge in [-0.2, -0.15) is 10.2 Å². The van der Waals surface area contributed by atoms with Crippen molar-refractivity contribution in [1.29, 1.82) is 0 Å². The number of aryl methyl sites for hydroxylation is 2. The number of nitrogens with zero attached hydrogens (tertiary/aromatic N) is 12. The zero-order valence-corrected chi connectivity index (χ0v) is 60.7. The summed E-state index contributed by atoms with van der Waals surface area (Å²) >= 11 is 0. The Morgan fingerprint density at radius 2 is 0.772 bits per heavy atom. The fourth-order valence-corrected chi connectivity index (χ4v) is 7.79. The molecule has 0 atom stereocenters. The average molecular weight is 1250 g/mol. The summed E-state index contributed by atoms with van der Waals surface area (Å²) in [5, 5.41) is 8.09. The molecule has 0 amide bonds. The Morgan fingerprint density at radius 3 is 1.30 bits per heavy atom. The van der Waals surface area contributed by atoms with E-state index in [1.54, 1.807) is 54.8 Å². The molecule has 0 spiro atoms. The summed E-state index contributed by atoms with van der Waals surface area (Å²) in [5.41, 5.74) is 12.2. The average Bonchev–Trinajstić information content (AvgIpc) is 1.69. The Labute approximate surface area is 556 Å². The van der Waals surface area contributed by atoms with Crippen LogP contribution >= 0.6 is 0 Å². The van der Waals surface area contributed by atoms with Crippen LogP contribution in [0.3, 0.4) is 0 Å². The maximum Gasteiger partial charge on any atom is 0.139 e. The van der Waals surface area contributed by atoms with E-state index in [-0.39, 0.29) is 5.54 Å². The van der Waals surface area contributed by atoms with Crippen LogP contribution in [0.1, 0.15) is 175 Å². The third-order valence-electron chi connectivity index (χ3n) is 11.1. The first-order chi connectivity index (χ1) is 43.5. The summed E-state index contributed by atoms with van der Waals surface area (Å²) in [6.07, 6.45) is 30.9. The van der Waals surface area contributed by atoms with Gasteiger partial charge in [0.2, 0.25) is 0 Å². The van der Waals surface area contributed by atoms with Gasteiger partial charge in [-0.15, -0.1) is 0 Å². The lowest BCUT2D eigenvalue weighted by Gasteiger charge is -2.34. The maximum atomic E-state index is 4.08. The molecular formula is C80H118N12. The van der Waals surface area contributed by atoms with Crippen molar-refractivity contribution in [1.82, 2.24) is 52.4 Å². The largest absolute Gasteiger partial charge is 0.366 e. The van der Waals surface area contributed by atoms with Crippen molar-refractivity contribution in [3.63, 3.8) is 0 Å². The van der Waals surface area contributed by atoms with Gasteiger partial charge < -0.3 is 13.7 Å². The van der Waals surface area contributed by atoms with E-state index in [0.717, 1.165) is 57.4 Å². The molecule has 0 radical (unpaired) electrons. The Kier molecular flexibility index (Phi) is 38.3. The SMILES string of the molecule is CC(C)(C)C.CC(C)(C)N1CCc2ccccc21.CC(C)C.CC(C)C.CC(C)C.CC(C)C.CC(C)C.c1cc2nccn2cn1.c1ccc2c(c1)CCC2.c1ccn2ccnc2c1.c1ccn2cncc2c1.c1ccn2nccc2c1.c1cnn2cccc2c1. The molecular weight excluding hydrogens is 1130 g/mol. The number of pyridine rings is 3. The summed E-state index contributed by atoms with van der Waals surface area (Å²) in [6.45, 7) is 49.2. The normalized spacial score (nSPS) is 11.4. The van der Waals surface area contributed by atoms with Crippen LogP contribution < -0.4 is 4.90 Å². The molecule has 14 rings (SSSR count). The predicted molar refractivity (Wildman–Crippen MR) is 397 cm³/mol. The topological polar surface area (TPSA) is 103 Å². The van der Waals surface area contributed by atoms with Crippen molar-refractivity contribution < 1.29 is 0 Å². The quantitative estimate of drug-likeness (QED) is 0.149. The van der Waals surface area contributed by atoms with Crippen LogP contribution in [-0.2, 0) is 19.3 Å². The van der Waals surface area contributed by atoms with Crippen molar-refractivity contribution in [3.8, 4) is 0 Å². The molecule has 92 heavy (non-hydrogen) atoms. The van der Waals surface area contributed by atoms with Gasteiger partial charge >= 0.3 is 0 Å². The van der Waals surface area contributed by atoms with Crippen LogP contribution in [0.25, 0.3) is 27.8 Å². The Bertz CT molecular complexity index is 3100. The fourth-order valence-electron chi connectivity index (χ4n) is 7.79. The van der Waals surface area contributed by atoms with E-state index >= 15 is 0 Å². The molecule has 498 valence electrons. The summed E-state index contributed by atoms with van der Waals surface area (Å²) in [6, 6.07) is 47.1. The minimum absolute atomic E-state index is 0.257. The van der Waals surface area contributed by atoms with Crippen LogP contribution in [0.2, 0.25) is 0 Å². The standard InChI is InChI=1S/C12H17N.C9H10.4C7H6N2.C6H5N3.C5H12.5C4H10/c1-12(2,3)13-9-8-10-6-4-5-7-11(10)13;1-2-5-9-7-3-6-8(9)4-1;1-3-7-4-2-6-9(7)8-5-1;1-2-6-9-7(3-1)4-5-8-9;1-2-5-9-6-4-8-7(9)3-1;1-2-4-9-6-8-5-7(9)3-1;1-2-7-5-9-4-3-8-6(1)9;1-5(2,3)4;5*1-4(2)3/h4-7H,8-9H2,1-3H3;1-2,4-5H,3,6-7H2;4*1-6H;1-5H;1-4H3;5*4H,1-3H3. The minimum atomic E-state index is 0.257. The number of hydrogen-bond donors (Lipinski definition) is 0. The number of anilines is 1. The zero-order chi connectivity index (χ0) is 68.5. The summed E-state index contributed by atoms with van der Waals surface area (Å²) < 4.78 is 9.47. The molecule has 2 aliphatic rings. The number of hydrogen-bond acceptors (Lipinski definition) is 7. The van der Waals surface area contributed by atoms with Gasteiger partial charge in [0, 0.05) is 85.9 Å². The monoisotopic (exact) mass is 1250 g/mol. The molecule has 0 saturated carbocycles. The van der Waals surface area contributed by atoms with Crippen molar-refractivity contribution >= 4 is 33.5 Å². The van der Waals surface area contributed by atoms with E-state index < -0.39 is 0 Å². The van der Waals surface area contributed by atoms with Gasteiger partial charge in [0.1, 0.15) is 17.6 Å². The summed E-state index contributed by atoms with van der Waals surface area (Å²) in [7, 11) is 0. The Morgan fingerprint density at radius 1 is 0.348 bits per heavy atom. The molecule has 12 heteroatoms. The molecule has 12 aromatic rings. The van der Waals surface area contributed by atoms with Crippen LogP contribution in [0.4, 0.5) is 5.69 Å². The van der Waals surface area contributed by atoms with Gasteiger partial charge in [-0.1, -0.05) is 192 Å². The lowest BCUT2D eigenvalue weighted by molar-refractivity contribution is 0.469. The van der Waals surface area contributed by atoms with E-state index in [4.69, 9.17) is 0 Å². The molecule has 12 nitrogen and oxygen atoms in total. The molecule has 0 fully saturated rings. The highest BCUT2D eigenvalue weighted by molar-refractivity contribution is 5.59. The van der Waals surface area contributed by atoms with Gasteiger partial charge in [-0.05, 0) is 177 Å². The van der Waals surface area contributed by atoms with E-state index in [9.17, 15) is 0 Å². The smallest absolute Gasteiger partial charge is 0.139 e. The molecule has 0 saturated heterocycles. The zero-order valence-electron chi connectivity index (χ0n) is 60.7. The van der Waals surface area contributed by atoms with Crippen molar-refractivity contribution in [2.24, 2.45) is 35.0 Å². The lowest BCUT2D eigenvalue weighted by Crippen LogP contribution is -2.40. The van der Waals surface area contributed by atoms with Gasteiger partial charge in [-0.25, -0.2) is 29.0 Å². The van der Waals surface area contributed by atoms with Crippen LogP contribution in [0.5, 0.6) is 0 Å². The second kappa shape index (κ2) is 44.2. The van der Waals surface area contributed by atoms with E-state index in [1.807, 2.05) is 157 Å². The highest BCUT2D eigenvalue weighted by atomic mass is 15.2. The molecule has 0 N–H and O–H groups in total. The first kappa shape index (κ1) is 79.7. The second-order valence-corrected chi connectivity index (χ2v) is 28.4. The molecule has 0 unspecified atom stereocenters. The number of fused-ring (bicyclic) bond motifs is 7. The summed E-state index contributed by atoms with van der Waals surface area (Å²) in [4.78, 5) is 18.5. The van der Waals surface area contributed by atoms with E-state index in [1.165, 1.54) is 43.5 Å². The number of aromatic nitrogens is 11. The van der Waals surface area contributed by atoms with Crippen molar-refractivity contribution in [2.75, 3.05) is 11.4 Å². The van der Waals surface area contributed by atoms with Gasteiger partial charge in [0.05, 0.1) is 29.1 Å². The minimum Gasteiger partial charge on any atom is -0.366 e. The number of benzene rings is 2. The highest BCUT2D eigenvalue weighted by Gasteiger charge is 2.27. The highest BCUT2D eigenvalue weighted by Crippen LogP contribution is 2.33. The van der Waals surface area contributed by atoms with Gasteiger partial charge in [0.25, 0.3) is 0 Å². The third kappa shape index (κ3) is 37.1. The third-order valence-corrected chi connectivity index (χ3v) is 11.1. The number of para-hydroxylation sites is 1. The van der Waals surface area contributed by atoms with E-state index in [0.29, 0.717) is 5.41 Å². The lowest BCUT2D eigenvalue weighted by atomic mass is 10.0. The Balaban J connectivity index is 0.000000346. The first-order valence-corrected chi connectivity index (χ1v) is 33.2. The van der Waals surface area contributed by atoms with Crippen LogP contribution in [0.15, 0.2) is 227 Å². The van der Waals surface area contributed by atoms with Crippen molar-refractivity contribution in [2.45, 2.75) is 184 Å². The van der Waals surface area contributed by atoms with Gasteiger partial charge in [-0.3, -0.25) is 4.40 Å². The van der Waals surface area contributed by atoms with Gasteiger partial charge in [0.15, 0.2) is 0 Å². The number of imidazole rings is 3. The second-order valence-electron chi connectivity index (χ2n) is 28.4. The first-order valence-electron chi connectivity index (χ1n) is 33.2. The predicted octanol–water partition coefficient (Wildman–Crippen LogP) is 21.5. The van der Waals surface area contributed by atoms with Crippen molar-refractivity contribution in [3.05, 3.63) is 243 Å².